The van der Waals surface area contributed by atoms with Gasteiger partial charge >= 0.3 is 0 Å². The smallest absolute Gasteiger partial charge is 0.161 e. The Labute approximate surface area is 76.9 Å². The molecule has 0 saturated heterocycles. The quantitative estimate of drug-likeness (QED) is 0.743. The van der Waals surface area contributed by atoms with Crippen molar-refractivity contribution in [1.82, 2.24) is 0 Å². The predicted molar refractivity (Wildman–Crippen MR) is 48.1 cm³/mol. The van der Waals surface area contributed by atoms with Crippen LogP contribution in [0.5, 0.6) is 11.5 Å². The highest BCUT2D eigenvalue weighted by molar-refractivity contribution is 5.40. The average molecular weight is 180 g/mol. The molecule has 1 unspecified atom stereocenters. The Bertz CT molecular complexity index is 285. The molecule has 13 heavy (non-hydrogen) atoms. The molecule has 70 valence electrons. The summed E-state index contributed by atoms with van der Waals surface area (Å²) in [4.78, 5) is 0. The molecule has 1 aromatic carbocycles. The zero-order valence-corrected chi connectivity index (χ0v) is 7.27. The molecule has 1 atom stereocenters. The highest BCUT2D eigenvalue weighted by Crippen LogP contribution is 2.31. The molecular weight excluding hydrogens is 168 g/mol. The van der Waals surface area contributed by atoms with Gasteiger partial charge in [-0.2, -0.15) is 0 Å². The molecule has 1 heterocycles. The van der Waals surface area contributed by atoms with Crippen LogP contribution >= 0.6 is 0 Å². The lowest BCUT2D eigenvalue weighted by Crippen LogP contribution is -2.29. The third-order valence-corrected chi connectivity index (χ3v) is 2.02. The molecule has 0 saturated carbocycles. The lowest BCUT2D eigenvalue weighted by atomic mass is 10.2. The molecule has 1 aliphatic heterocycles. The number of hydrogen-bond acceptors (Lipinski definition) is 3. The molecule has 3 heteroatoms. The van der Waals surface area contributed by atoms with Crippen molar-refractivity contribution in [1.29, 1.82) is 0 Å². The van der Waals surface area contributed by atoms with Crippen molar-refractivity contribution in [3.8, 4) is 11.5 Å². The summed E-state index contributed by atoms with van der Waals surface area (Å²) in [6.07, 6.45) is 0.605. The number of aliphatic hydroxyl groups is 1. The van der Waals surface area contributed by atoms with Crippen LogP contribution < -0.4 is 9.47 Å². The first kappa shape index (κ1) is 8.38. The maximum absolute atomic E-state index is 8.73. The van der Waals surface area contributed by atoms with Crippen LogP contribution in [0.1, 0.15) is 6.42 Å². The predicted octanol–water partition coefficient (Wildman–Crippen LogP) is 1.21. The summed E-state index contributed by atoms with van der Waals surface area (Å²) in [5, 5.41) is 8.73. The van der Waals surface area contributed by atoms with E-state index in [2.05, 4.69) is 0 Å². The van der Waals surface area contributed by atoms with Crippen molar-refractivity contribution in [2.75, 3.05) is 13.2 Å². The SMILES string of the molecule is OCCC1COc2ccccc2O1. The van der Waals surface area contributed by atoms with Crippen molar-refractivity contribution < 1.29 is 14.6 Å². The van der Waals surface area contributed by atoms with Gasteiger partial charge in [0.05, 0.1) is 0 Å². The monoisotopic (exact) mass is 180 g/mol. The van der Waals surface area contributed by atoms with Crippen LogP contribution in [-0.4, -0.2) is 24.4 Å². The highest BCUT2D eigenvalue weighted by Gasteiger charge is 2.19. The van der Waals surface area contributed by atoms with Gasteiger partial charge in [-0.15, -0.1) is 0 Å². The largest absolute Gasteiger partial charge is 0.486 e. The number of fused-ring (bicyclic) bond motifs is 1. The van der Waals surface area contributed by atoms with Gasteiger partial charge in [0, 0.05) is 13.0 Å². The Kier molecular flexibility index (Phi) is 2.36. The molecule has 0 aliphatic carbocycles. The summed E-state index contributed by atoms with van der Waals surface area (Å²) in [6.45, 7) is 0.660. The summed E-state index contributed by atoms with van der Waals surface area (Å²) < 4.78 is 11.0. The van der Waals surface area contributed by atoms with Crippen molar-refractivity contribution in [2.24, 2.45) is 0 Å². The molecule has 1 aliphatic rings. The van der Waals surface area contributed by atoms with Crippen molar-refractivity contribution in [3.05, 3.63) is 24.3 Å². The fourth-order valence-corrected chi connectivity index (χ4v) is 1.35. The normalized spacial score (nSPS) is 19.9. The van der Waals surface area contributed by atoms with Gasteiger partial charge in [0.1, 0.15) is 12.7 Å². The van der Waals surface area contributed by atoms with E-state index in [1.807, 2.05) is 24.3 Å². The van der Waals surface area contributed by atoms with Crippen LogP contribution in [0.2, 0.25) is 0 Å². The molecule has 2 rings (SSSR count). The van der Waals surface area contributed by atoms with Gasteiger partial charge in [-0.1, -0.05) is 12.1 Å². The zero-order chi connectivity index (χ0) is 9.10. The summed E-state index contributed by atoms with van der Waals surface area (Å²) in [7, 11) is 0. The van der Waals surface area contributed by atoms with E-state index in [4.69, 9.17) is 14.6 Å². The Hall–Kier alpha value is -1.22. The number of para-hydroxylation sites is 2. The minimum Gasteiger partial charge on any atom is -0.486 e. The molecule has 0 fully saturated rings. The number of ether oxygens (including phenoxy) is 2. The minimum atomic E-state index is -0.0140. The lowest BCUT2D eigenvalue weighted by Gasteiger charge is -2.25. The fourth-order valence-electron chi connectivity index (χ4n) is 1.35. The Balaban J connectivity index is 2.11. The topological polar surface area (TPSA) is 38.7 Å². The first-order valence-corrected chi connectivity index (χ1v) is 4.39. The van der Waals surface area contributed by atoms with Crippen molar-refractivity contribution in [2.45, 2.75) is 12.5 Å². The van der Waals surface area contributed by atoms with Crippen LogP contribution in [0.4, 0.5) is 0 Å². The van der Waals surface area contributed by atoms with Gasteiger partial charge in [-0.05, 0) is 12.1 Å². The number of aliphatic hydroxyl groups excluding tert-OH is 1. The zero-order valence-electron chi connectivity index (χ0n) is 7.27. The molecule has 0 bridgehead atoms. The van der Waals surface area contributed by atoms with Crippen LogP contribution in [0.3, 0.4) is 0 Å². The van der Waals surface area contributed by atoms with Crippen LogP contribution in [0.25, 0.3) is 0 Å². The van der Waals surface area contributed by atoms with E-state index >= 15 is 0 Å². The van der Waals surface area contributed by atoms with Crippen LogP contribution in [0.15, 0.2) is 24.3 Å². The Morgan fingerprint density at radius 2 is 2.08 bits per heavy atom. The van der Waals surface area contributed by atoms with Crippen molar-refractivity contribution in [3.63, 3.8) is 0 Å². The van der Waals surface area contributed by atoms with Gasteiger partial charge in [0.25, 0.3) is 0 Å². The third-order valence-electron chi connectivity index (χ3n) is 2.02. The van der Waals surface area contributed by atoms with Crippen LogP contribution in [0, 0.1) is 0 Å². The highest BCUT2D eigenvalue weighted by atomic mass is 16.6. The van der Waals surface area contributed by atoms with Crippen LogP contribution in [-0.2, 0) is 0 Å². The summed E-state index contributed by atoms with van der Waals surface area (Å²) in [5.74, 6) is 1.56. The van der Waals surface area contributed by atoms with E-state index in [0.717, 1.165) is 11.5 Å². The molecule has 0 aromatic heterocycles. The van der Waals surface area contributed by atoms with Gasteiger partial charge in [0.15, 0.2) is 11.5 Å². The first-order valence-electron chi connectivity index (χ1n) is 4.39. The van der Waals surface area contributed by atoms with Gasteiger partial charge in [-0.25, -0.2) is 0 Å². The molecule has 0 spiro atoms. The summed E-state index contributed by atoms with van der Waals surface area (Å²) >= 11 is 0. The lowest BCUT2D eigenvalue weighted by molar-refractivity contribution is 0.0704. The van der Waals surface area contributed by atoms with Crippen molar-refractivity contribution >= 4 is 0 Å². The minimum absolute atomic E-state index is 0.0140. The summed E-state index contributed by atoms with van der Waals surface area (Å²) in [6, 6.07) is 7.57. The van der Waals surface area contributed by atoms with Gasteiger partial charge in [-0.3, -0.25) is 0 Å². The number of hydrogen-bond donors (Lipinski definition) is 1. The molecule has 0 amide bonds. The number of benzene rings is 1. The second-order valence-electron chi connectivity index (χ2n) is 3.01. The van der Waals surface area contributed by atoms with E-state index in [-0.39, 0.29) is 12.7 Å². The molecule has 1 N–H and O–H groups in total. The standard InChI is InChI=1S/C10H12O3/c11-6-5-8-7-12-9-3-1-2-4-10(9)13-8/h1-4,8,11H,5-7H2. The van der Waals surface area contributed by atoms with E-state index < -0.39 is 0 Å². The maximum atomic E-state index is 8.73. The third kappa shape index (κ3) is 1.75. The number of rotatable bonds is 2. The maximum Gasteiger partial charge on any atom is 0.161 e. The Morgan fingerprint density at radius 1 is 1.31 bits per heavy atom. The second-order valence-corrected chi connectivity index (χ2v) is 3.01. The summed E-state index contributed by atoms with van der Waals surface area (Å²) in [5.41, 5.74) is 0. The van der Waals surface area contributed by atoms with Gasteiger partial charge in [0.2, 0.25) is 0 Å². The molecule has 0 radical (unpaired) electrons. The molecule has 3 nitrogen and oxygen atoms in total. The second kappa shape index (κ2) is 3.66. The van der Waals surface area contributed by atoms with E-state index in [1.54, 1.807) is 0 Å². The first-order chi connectivity index (χ1) is 6.40. The van der Waals surface area contributed by atoms with E-state index in [1.165, 1.54) is 0 Å². The molecular formula is C10H12O3. The van der Waals surface area contributed by atoms with E-state index in [0.29, 0.717) is 13.0 Å². The van der Waals surface area contributed by atoms with E-state index in [9.17, 15) is 0 Å². The molecule has 1 aromatic rings. The fraction of sp³-hybridized carbons (Fsp3) is 0.400. The average Bonchev–Trinajstić information content (AvgIpc) is 2.18. The van der Waals surface area contributed by atoms with Gasteiger partial charge < -0.3 is 14.6 Å². The Morgan fingerprint density at radius 3 is 2.85 bits per heavy atom.